The van der Waals surface area contributed by atoms with Crippen LogP contribution in [0.1, 0.15) is 49.1 Å². The monoisotopic (exact) mass is 319 g/mol. The smallest absolute Gasteiger partial charge is 0.271 e. The zero-order valence-electron chi connectivity index (χ0n) is 14.1. The maximum atomic E-state index is 12.2. The van der Waals surface area contributed by atoms with Crippen LogP contribution in [0.4, 0.5) is 0 Å². The molecular formula is C17H29N5O. The highest BCUT2D eigenvalue weighted by Gasteiger charge is 2.18. The SMILES string of the molecule is CC1CCN(CCNC(=O)c2ccn(C3CCCNC3)n2)CC1. The van der Waals surface area contributed by atoms with Gasteiger partial charge in [-0.15, -0.1) is 0 Å². The van der Waals surface area contributed by atoms with Crippen LogP contribution in [-0.2, 0) is 0 Å². The highest BCUT2D eigenvalue weighted by molar-refractivity contribution is 5.92. The molecule has 0 aromatic carbocycles. The summed E-state index contributed by atoms with van der Waals surface area (Å²) in [6.07, 6.45) is 6.77. The number of nitrogens with zero attached hydrogens (tertiary/aromatic N) is 3. The lowest BCUT2D eigenvalue weighted by Gasteiger charge is -2.30. The summed E-state index contributed by atoms with van der Waals surface area (Å²) in [5, 5.41) is 10.8. The first-order valence-corrected chi connectivity index (χ1v) is 8.99. The van der Waals surface area contributed by atoms with Gasteiger partial charge in [-0.2, -0.15) is 5.10 Å². The van der Waals surface area contributed by atoms with E-state index in [9.17, 15) is 4.79 Å². The Kier molecular flexibility index (Phi) is 5.67. The highest BCUT2D eigenvalue weighted by atomic mass is 16.1. The zero-order chi connectivity index (χ0) is 16.1. The van der Waals surface area contributed by atoms with Crippen LogP contribution in [0.3, 0.4) is 0 Å². The van der Waals surface area contributed by atoms with E-state index in [4.69, 9.17) is 0 Å². The van der Waals surface area contributed by atoms with E-state index in [0.29, 0.717) is 18.3 Å². The number of carbonyl (C=O) groups excluding carboxylic acids is 1. The van der Waals surface area contributed by atoms with Crippen molar-refractivity contribution in [2.24, 2.45) is 5.92 Å². The summed E-state index contributed by atoms with van der Waals surface area (Å²) in [5.41, 5.74) is 0.530. The van der Waals surface area contributed by atoms with Gasteiger partial charge in [0.1, 0.15) is 5.69 Å². The number of likely N-dealkylation sites (tertiary alicyclic amines) is 1. The third kappa shape index (κ3) is 4.54. The van der Waals surface area contributed by atoms with Crippen LogP contribution in [0.2, 0.25) is 0 Å². The van der Waals surface area contributed by atoms with E-state index in [2.05, 4.69) is 27.6 Å². The summed E-state index contributed by atoms with van der Waals surface area (Å²) < 4.78 is 1.94. The fourth-order valence-electron chi connectivity index (χ4n) is 3.43. The van der Waals surface area contributed by atoms with Crippen LogP contribution in [-0.4, -0.2) is 59.9 Å². The third-order valence-corrected chi connectivity index (χ3v) is 5.08. The molecule has 1 amide bonds. The summed E-state index contributed by atoms with van der Waals surface area (Å²) in [6, 6.07) is 2.20. The van der Waals surface area contributed by atoms with Crippen molar-refractivity contribution in [3.63, 3.8) is 0 Å². The zero-order valence-corrected chi connectivity index (χ0v) is 14.1. The number of amides is 1. The van der Waals surface area contributed by atoms with E-state index in [1.54, 1.807) is 0 Å². The number of hydrogen-bond acceptors (Lipinski definition) is 4. The van der Waals surface area contributed by atoms with Crippen molar-refractivity contribution in [2.75, 3.05) is 39.3 Å². The molecule has 6 heteroatoms. The first-order chi connectivity index (χ1) is 11.2. The van der Waals surface area contributed by atoms with Crippen LogP contribution in [0.15, 0.2) is 12.3 Å². The molecule has 2 fully saturated rings. The maximum absolute atomic E-state index is 12.2. The van der Waals surface area contributed by atoms with Gasteiger partial charge in [-0.05, 0) is 57.3 Å². The normalized spacial score (nSPS) is 23.8. The molecule has 23 heavy (non-hydrogen) atoms. The predicted molar refractivity (Wildman–Crippen MR) is 90.5 cm³/mol. The van der Waals surface area contributed by atoms with E-state index in [-0.39, 0.29) is 5.91 Å². The number of piperidine rings is 2. The Labute approximate surface area is 138 Å². The van der Waals surface area contributed by atoms with Crippen molar-refractivity contribution in [1.82, 2.24) is 25.3 Å². The summed E-state index contributed by atoms with van der Waals surface area (Å²) in [6.45, 7) is 8.28. The Morgan fingerprint density at radius 3 is 2.96 bits per heavy atom. The molecule has 1 aromatic rings. The van der Waals surface area contributed by atoms with Crippen molar-refractivity contribution in [2.45, 2.75) is 38.6 Å². The molecule has 0 aliphatic carbocycles. The van der Waals surface area contributed by atoms with Gasteiger partial charge in [-0.3, -0.25) is 9.48 Å². The molecule has 0 saturated carbocycles. The molecule has 2 saturated heterocycles. The highest BCUT2D eigenvalue weighted by Crippen LogP contribution is 2.16. The molecule has 0 radical (unpaired) electrons. The van der Waals surface area contributed by atoms with Crippen molar-refractivity contribution in [3.05, 3.63) is 18.0 Å². The number of carbonyl (C=O) groups is 1. The van der Waals surface area contributed by atoms with Crippen molar-refractivity contribution < 1.29 is 4.79 Å². The Hall–Kier alpha value is -1.40. The molecule has 2 aliphatic rings. The second-order valence-corrected chi connectivity index (χ2v) is 6.96. The second kappa shape index (κ2) is 7.93. The molecular weight excluding hydrogens is 290 g/mol. The van der Waals surface area contributed by atoms with E-state index in [1.165, 1.54) is 19.3 Å². The number of rotatable bonds is 5. The molecule has 6 nitrogen and oxygen atoms in total. The molecule has 0 bridgehead atoms. The maximum Gasteiger partial charge on any atom is 0.271 e. The van der Waals surface area contributed by atoms with Crippen LogP contribution >= 0.6 is 0 Å². The van der Waals surface area contributed by atoms with Crippen LogP contribution in [0.25, 0.3) is 0 Å². The summed E-state index contributed by atoms with van der Waals surface area (Å²) >= 11 is 0. The van der Waals surface area contributed by atoms with E-state index in [1.807, 2.05) is 16.9 Å². The van der Waals surface area contributed by atoms with Gasteiger partial charge < -0.3 is 15.5 Å². The Bertz CT molecular complexity index is 501. The molecule has 3 rings (SSSR count). The van der Waals surface area contributed by atoms with Gasteiger partial charge in [-0.25, -0.2) is 0 Å². The van der Waals surface area contributed by atoms with Gasteiger partial charge in [0.15, 0.2) is 0 Å². The Balaban J connectivity index is 1.42. The van der Waals surface area contributed by atoms with Gasteiger partial charge in [0.2, 0.25) is 0 Å². The minimum absolute atomic E-state index is 0.0575. The molecule has 2 aliphatic heterocycles. The van der Waals surface area contributed by atoms with Crippen LogP contribution < -0.4 is 10.6 Å². The fraction of sp³-hybridized carbons (Fsp3) is 0.765. The van der Waals surface area contributed by atoms with Gasteiger partial charge >= 0.3 is 0 Å². The van der Waals surface area contributed by atoms with E-state index in [0.717, 1.165) is 45.1 Å². The average molecular weight is 319 g/mol. The largest absolute Gasteiger partial charge is 0.349 e. The van der Waals surface area contributed by atoms with Gasteiger partial charge in [0, 0.05) is 25.8 Å². The lowest BCUT2D eigenvalue weighted by atomic mass is 9.99. The second-order valence-electron chi connectivity index (χ2n) is 6.96. The Morgan fingerprint density at radius 1 is 1.39 bits per heavy atom. The third-order valence-electron chi connectivity index (χ3n) is 5.08. The molecule has 1 aromatic heterocycles. The quantitative estimate of drug-likeness (QED) is 0.858. The van der Waals surface area contributed by atoms with Crippen molar-refractivity contribution in [3.8, 4) is 0 Å². The van der Waals surface area contributed by atoms with Crippen molar-refractivity contribution >= 4 is 5.91 Å². The lowest BCUT2D eigenvalue weighted by Crippen LogP contribution is -2.39. The molecule has 0 spiro atoms. The van der Waals surface area contributed by atoms with E-state index >= 15 is 0 Å². The minimum Gasteiger partial charge on any atom is -0.349 e. The topological polar surface area (TPSA) is 62.2 Å². The molecule has 128 valence electrons. The average Bonchev–Trinajstić information content (AvgIpc) is 3.07. The van der Waals surface area contributed by atoms with E-state index < -0.39 is 0 Å². The number of hydrogen-bond donors (Lipinski definition) is 2. The minimum atomic E-state index is -0.0575. The standard InChI is InChI=1S/C17H29N5O/c1-14-4-9-21(10-5-14)12-8-19-17(23)16-6-11-22(20-16)15-3-2-7-18-13-15/h6,11,14-15,18H,2-5,7-10,12-13H2,1H3,(H,19,23). The summed E-state index contributed by atoms with van der Waals surface area (Å²) in [7, 11) is 0. The van der Waals surface area contributed by atoms with Crippen LogP contribution in [0.5, 0.6) is 0 Å². The number of aromatic nitrogens is 2. The van der Waals surface area contributed by atoms with Crippen molar-refractivity contribution in [1.29, 1.82) is 0 Å². The summed E-state index contributed by atoms with van der Waals surface area (Å²) in [4.78, 5) is 14.7. The molecule has 3 heterocycles. The number of nitrogens with one attached hydrogen (secondary N) is 2. The first-order valence-electron chi connectivity index (χ1n) is 8.99. The predicted octanol–water partition coefficient (Wildman–Crippen LogP) is 1.27. The first kappa shape index (κ1) is 16.5. The fourth-order valence-corrected chi connectivity index (χ4v) is 3.43. The molecule has 1 unspecified atom stereocenters. The molecule has 2 N–H and O–H groups in total. The van der Waals surface area contributed by atoms with Gasteiger partial charge in [-0.1, -0.05) is 6.92 Å². The Morgan fingerprint density at radius 2 is 2.22 bits per heavy atom. The van der Waals surface area contributed by atoms with Gasteiger partial charge in [0.05, 0.1) is 6.04 Å². The molecule has 1 atom stereocenters. The van der Waals surface area contributed by atoms with Crippen LogP contribution in [0, 0.1) is 5.92 Å². The lowest BCUT2D eigenvalue weighted by molar-refractivity contribution is 0.0938. The summed E-state index contributed by atoms with van der Waals surface area (Å²) in [5.74, 6) is 0.789. The van der Waals surface area contributed by atoms with Gasteiger partial charge in [0.25, 0.3) is 5.91 Å².